The average molecular weight is 427 g/mol. The summed E-state index contributed by atoms with van der Waals surface area (Å²) < 4.78 is 34.3. The van der Waals surface area contributed by atoms with E-state index in [2.05, 4.69) is 16.3 Å². The van der Waals surface area contributed by atoms with E-state index in [1.807, 2.05) is 31.0 Å². The van der Waals surface area contributed by atoms with Crippen molar-refractivity contribution in [2.45, 2.75) is 11.8 Å². The zero-order valence-corrected chi connectivity index (χ0v) is 18.1. The minimum atomic E-state index is -3.75. The smallest absolute Gasteiger partial charge is 0.268 e. The number of fused-ring (bicyclic) bond motifs is 2. The number of rotatable bonds is 3. The monoisotopic (exact) mass is 426 g/mol. The molecule has 0 bridgehead atoms. The third-order valence-electron chi connectivity index (χ3n) is 6.02. The summed E-state index contributed by atoms with van der Waals surface area (Å²) in [6.07, 6.45) is 1.72. The maximum absolute atomic E-state index is 13.6. The van der Waals surface area contributed by atoms with Gasteiger partial charge in [0.1, 0.15) is 12.4 Å². The molecule has 1 fully saturated rings. The molecule has 0 atom stereocenters. The summed E-state index contributed by atoms with van der Waals surface area (Å²) >= 11 is 0. The van der Waals surface area contributed by atoms with Crippen LogP contribution in [0.2, 0.25) is 0 Å². The van der Waals surface area contributed by atoms with Gasteiger partial charge in [-0.1, -0.05) is 6.07 Å². The Kier molecular flexibility index (Phi) is 4.63. The highest BCUT2D eigenvalue weighted by molar-refractivity contribution is 7.90. The molecular weight excluding hydrogens is 400 g/mol. The Hall–Kier alpha value is -2.71. The second-order valence-corrected chi connectivity index (χ2v) is 9.77. The molecule has 3 aromatic rings. The number of ether oxygens (including phenoxy) is 1. The molecule has 0 amide bonds. The van der Waals surface area contributed by atoms with Crippen LogP contribution in [0, 0.1) is 6.92 Å². The highest BCUT2D eigenvalue weighted by atomic mass is 32.2. The van der Waals surface area contributed by atoms with Crippen molar-refractivity contribution in [3.05, 3.63) is 48.2 Å². The summed E-state index contributed by atoms with van der Waals surface area (Å²) in [5.74, 6) is 0.720. The first-order valence-electron chi connectivity index (χ1n) is 10.3. The molecule has 0 spiro atoms. The Bertz CT molecular complexity index is 1210. The van der Waals surface area contributed by atoms with Crippen molar-refractivity contribution in [2.75, 3.05) is 56.2 Å². The molecular formula is C22H26N4O3S. The third kappa shape index (κ3) is 3.11. The predicted molar refractivity (Wildman–Crippen MR) is 120 cm³/mol. The minimum absolute atomic E-state index is 0.267. The van der Waals surface area contributed by atoms with E-state index in [1.54, 1.807) is 24.4 Å². The van der Waals surface area contributed by atoms with Gasteiger partial charge in [-0.15, -0.1) is 0 Å². The second kappa shape index (κ2) is 7.21. The third-order valence-corrected chi connectivity index (χ3v) is 7.69. The average Bonchev–Trinajstić information content (AvgIpc) is 3.11. The summed E-state index contributed by atoms with van der Waals surface area (Å²) in [6.45, 7) is 6.97. The normalized spacial score (nSPS) is 17.1. The maximum Gasteiger partial charge on any atom is 0.268 e. The first kappa shape index (κ1) is 19.3. The van der Waals surface area contributed by atoms with Crippen LogP contribution in [0.15, 0.2) is 47.5 Å². The number of aromatic nitrogens is 1. The first-order chi connectivity index (χ1) is 14.4. The van der Waals surface area contributed by atoms with Crippen molar-refractivity contribution < 1.29 is 13.2 Å². The summed E-state index contributed by atoms with van der Waals surface area (Å²) in [6, 6.07) is 11.2. The van der Waals surface area contributed by atoms with Crippen LogP contribution >= 0.6 is 0 Å². The van der Waals surface area contributed by atoms with Gasteiger partial charge in [0.05, 0.1) is 22.6 Å². The highest BCUT2D eigenvalue weighted by Crippen LogP contribution is 2.35. The van der Waals surface area contributed by atoms with Gasteiger partial charge in [0.25, 0.3) is 10.0 Å². The number of hydrogen-bond donors (Lipinski definition) is 1. The van der Waals surface area contributed by atoms with E-state index < -0.39 is 10.0 Å². The lowest BCUT2D eigenvalue weighted by atomic mass is 10.1. The topological polar surface area (TPSA) is 66.8 Å². The molecule has 0 aliphatic carbocycles. The van der Waals surface area contributed by atoms with E-state index >= 15 is 0 Å². The maximum atomic E-state index is 13.6. The van der Waals surface area contributed by atoms with E-state index in [4.69, 9.17) is 4.74 Å². The van der Waals surface area contributed by atoms with E-state index in [-0.39, 0.29) is 4.90 Å². The van der Waals surface area contributed by atoms with Gasteiger partial charge in [-0.05, 0) is 42.8 Å². The second-order valence-electron chi connectivity index (χ2n) is 7.95. The van der Waals surface area contributed by atoms with Crippen molar-refractivity contribution in [1.29, 1.82) is 0 Å². The molecule has 158 valence electrons. The quantitative estimate of drug-likeness (QED) is 0.694. The molecule has 0 radical (unpaired) electrons. The number of likely N-dealkylation sites (N-methyl/N-ethyl adjacent to an activating group) is 1. The summed E-state index contributed by atoms with van der Waals surface area (Å²) in [4.78, 5) is 4.59. The zero-order valence-electron chi connectivity index (χ0n) is 17.3. The SMILES string of the molecule is Cc1cn(S(=O)(=O)c2ccc3c(c2)N(C)CCO3)c2cc(N3CCNCC3)ccc12. The lowest BCUT2D eigenvalue weighted by molar-refractivity contribution is 0.311. The van der Waals surface area contributed by atoms with Crippen LogP contribution in [0.1, 0.15) is 5.56 Å². The Morgan fingerprint density at radius 2 is 1.83 bits per heavy atom. The number of nitrogens with zero attached hydrogens (tertiary/aromatic N) is 3. The van der Waals surface area contributed by atoms with Crippen molar-refractivity contribution >= 4 is 32.3 Å². The van der Waals surface area contributed by atoms with Gasteiger partial charge in [-0.3, -0.25) is 0 Å². The molecule has 0 saturated carbocycles. The van der Waals surface area contributed by atoms with Gasteiger partial charge in [0, 0.05) is 50.5 Å². The molecule has 1 saturated heterocycles. The Morgan fingerprint density at radius 1 is 1.03 bits per heavy atom. The number of nitrogens with one attached hydrogen (secondary N) is 1. The van der Waals surface area contributed by atoms with E-state index in [0.29, 0.717) is 12.1 Å². The molecule has 2 aliphatic rings. The molecule has 1 N–H and O–H groups in total. The van der Waals surface area contributed by atoms with Crippen LogP contribution in [-0.4, -0.2) is 58.8 Å². The predicted octanol–water partition coefficient (Wildman–Crippen LogP) is 2.42. The first-order valence-corrected chi connectivity index (χ1v) is 11.7. The lowest BCUT2D eigenvalue weighted by Crippen LogP contribution is -2.43. The van der Waals surface area contributed by atoms with Gasteiger partial charge >= 0.3 is 0 Å². The number of benzene rings is 2. The van der Waals surface area contributed by atoms with Gasteiger partial charge in [0.2, 0.25) is 0 Å². The van der Waals surface area contributed by atoms with Crippen LogP contribution in [0.4, 0.5) is 11.4 Å². The highest BCUT2D eigenvalue weighted by Gasteiger charge is 2.24. The number of aryl methyl sites for hydroxylation is 1. The Labute approximate surface area is 176 Å². The van der Waals surface area contributed by atoms with Crippen LogP contribution < -0.4 is 19.9 Å². The van der Waals surface area contributed by atoms with Crippen molar-refractivity contribution in [1.82, 2.24) is 9.29 Å². The Balaban J connectivity index is 1.62. The van der Waals surface area contributed by atoms with Crippen LogP contribution in [0.25, 0.3) is 10.9 Å². The van der Waals surface area contributed by atoms with E-state index in [0.717, 1.165) is 60.8 Å². The van der Waals surface area contributed by atoms with Crippen molar-refractivity contribution in [2.24, 2.45) is 0 Å². The molecule has 2 aromatic carbocycles. The minimum Gasteiger partial charge on any atom is -0.490 e. The fourth-order valence-corrected chi connectivity index (χ4v) is 5.71. The van der Waals surface area contributed by atoms with Crippen molar-refractivity contribution in [3.8, 4) is 5.75 Å². The number of anilines is 2. The van der Waals surface area contributed by atoms with Gasteiger partial charge in [-0.2, -0.15) is 0 Å². The fraction of sp³-hybridized carbons (Fsp3) is 0.364. The van der Waals surface area contributed by atoms with Gasteiger partial charge in [0.15, 0.2) is 0 Å². The Morgan fingerprint density at radius 3 is 2.63 bits per heavy atom. The molecule has 1 aromatic heterocycles. The summed E-state index contributed by atoms with van der Waals surface area (Å²) in [5, 5.41) is 4.31. The van der Waals surface area contributed by atoms with E-state index in [9.17, 15) is 8.42 Å². The fourth-order valence-electron chi connectivity index (χ4n) is 4.27. The van der Waals surface area contributed by atoms with Crippen molar-refractivity contribution in [3.63, 3.8) is 0 Å². The molecule has 8 heteroatoms. The molecule has 30 heavy (non-hydrogen) atoms. The standard InChI is InChI=1S/C22H26N4O3S/c1-16-15-26(20-13-17(3-5-19(16)20)25-9-7-23-8-10-25)30(27,28)18-4-6-22-21(14-18)24(2)11-12-29-22/h3-6,13-15,23H,7-12H2,1-2H3. The zero-order chi connectivity index (χ0) is 20.9. The van der Waals surface area contributed by atoms with Crippen LogP contribution in [0.3, 0.4) is 0 Å². The molecule has 2 aliphatic heterocycles. The van der Waals surface area contributed by atoms with Gasteiger partial charge < -0.3 is 19.9 Å². The molecule has 7 nitrogen and oxygen atoms in total. The number of piperazine rings is 1. The summed E-state index contributed by atoms with van der Waals surface area (Å²) in [5.41, 5.74) is 3.51. The largest absolute Gasteiger partial charge is 0.490 e. The number of hydrogen-bond acceptors (Lipinski definition) is 6. The molecule has 3 heterocycles. The van der Waals surface area contributed by atoms with E-state index in [1.165, 1.54) is 3.97 Å². The van der Waals surface area contributed by atoms with Crippen LogP contribution in [-0.2, 0) is 10.0 Å². The summed E-state index contributed by atoms with van der Waals surface area (Å²) in [7, 11) is -1.79. The molecule has 0 unspecified atom stereocenters. The van der Waals surface area contributed by atoms with Crippen LogP contribution in [0.5, 0.6) is 5.75 Å². The van der Waals surface area contributed by atoms with Gasteiger partial charge in [-0.25, -0.2) is 12.4 Å². The molecule has 5 rings (SSSR count). The lowest BCUT2D eigenvalue weighted by Gasteiger charge is -2.29.